The van der Waals surface area contributed by atoms with Crippen molar-refractivity contribution in [2.75, 3.05) is 18.4 Å². The van der Waals surface area contributed by atoms with E-state index in [9.17, 15) is 4.79 Å². The molecular formula is C24H24ClN3O2. The molecule has 1 N–H and O–H groups in total. The number of carbonyl (C=O) groups excluding carboxylic acids is 1. The molecule has 1 aliphatic rings. The topological polar surface area (TPSA) is 58.4 Å². The lowest BCUT2D eigenvalue weighted by molar-refractivity contribution is 0.0791. The molecule has 0 spiro atoms. The summed E-state index contributed by atoms with van der Waals surface area (Å²) in [5.41, 5.74) is 4.16. The second-order valence-electron chi connectivity index (χ2n) is 7.43. The van der Waals surface area contributed by atoms with E-state index in [1.54, 1.807) is 12.1 Å². The third-order valence-electron chi connectivity index (χ3n) is 5.27. The second-order valence-corrected chi connectivity index (χ2v) is 7.87. The summed E-state index contributed by atoms with van der Waals surface area (Å²) in [4.78, 5) is 19.6. The van der Waals surface area contributed by atoms with Gasteiger partial charge in [0.05, 0.1) is 0 Å². The maximum Gasteiger partial charge on any atom is 0.295 e. The maximum atomic E-state index is 13.2. The quantitative estimate of drug-likeness (QED) is 0.530. The van der Waals surface area contributed by atoms with Gasteiger partial charge in [0.15, 0.2) is 5.58 Å². The number of fused-ring (bicyclic) bond motifs is 1. The molecule has 5 nitrogen and oxygen atoms in total. The number of nitrogens with one attached hydrogen (secondary N) is 1. The van der Waals surface area contributed by atoms with Crippen molar-refractivity contribution in [3.8, 4) is 0 Å². The minimum Gasteiger partial charge on any atom is -0.423 e. The Morgan fingerprint density at radius 1 is 1.27 bits per heavy atom. The number of rotatable bonds is 5. The van der Waals surface area contributed by atoms with Crippen LogP contribution in [0.15, 0.2) is 65.1 Å². The zero-order valence-corrected chi connectivity index (χ0v) is 17.8. The van der Waals surface area contributed by atoms with Gasteiger partial charge in [0.1, 0.15) is 5.52 Å². The fraction of sp³-hybridized carbons (Fsp3) is 0.250. The number of aromatic nitrogens is 1. The van der Waals surface area contributed by atoms with Gasteiger partial charge in [-0.1, -0.05) is 48.0 Å². The summed E-state index contributed by atoms with van der Waals surface area (Å²) in [6.45, 7) is 5.29. The summed E-state index contributed by atoms with van der Waals surface area (Å²) in [6.07, 6.45) is 6.82. The van der Waals surface area contributed by atoms with Gasteiger partial charge in [0, 0.05) is 35.8 Å². The van der Waals surface area contributed by atoms with E-state index in [0.717, 1.165) is 28.6 Å². The van der Waals surface area contributed by atoms with Crippen molar-refractivity contribution < 1.29 is 9.21 Å². The molecule has 1 aliphatic heterocycles. The lowest BCUT2D eigenvalue weighted by Gasteiger charge is -2.19. The molecule has 2 aromatic carbocycles. The van der Waals surface area contributed by atoms with Crippen LogP contribution in [0.5, 0.6) is 0 Å². The first-order valence-electron chi connectivity index (χ1n) is 10.1. The van der Waals surface area contributed by atoms with E-state index in [0.29, 0.717) is 29.7 Å². The molecule has 1 fully saturated rings. The number of carbonyl (C=O) groups is 1. The Balaban J connectivity index is 1.47. The van der Waals surface area contributed by atoms with Gasteiger partial charge in [-0.3, -0.25) is 4.79 Å². The predicted molar refractivity (Wildman–Crippen MR) is 122 cm³/mol. The van der Waals surface area contributed by atoms with E-state index in [-0.39, 0.29) is 11.9 Å². The Kier molecular flexibility index (Phi) is 5.91. The van der Waals surface area contributed by atoms with Crippen molar-refractivity contribution in [1.29, 1.82) is 0 Å². The van der Waals surface area contributed by atoms with Crippen LogP contribution in [-0.2, 0) is 0 Å². The minimum absolute atomic E-state index is 0.0486. The summed E-state index contributed by atoms with van der Waals surface area (Å²) < 4.78 is 5.76. The molecule has 3 aromatic rings. The van der Waals surface area contributed by atoms with Crippen LogP contribution in [0.4, 0.5) is 6.01 Å². The first-order valence-corrected chi connectivity index (χ1v) is 10.4. The Hall–Kier alpha value is -3.05. The SMILES string of the molecule is C/C=C\C=C(/C)c1ccccc1C(=O)N1CCC(Nc2nc3ccc(Cl)cc3o2)C1. The van der Waals surface area contributed by atoms with Crippen LogP contribution in [-0.4, -0.2) is 34.9 Å². The van der Waals surface area contributed by atoms with Gasteiger partial charge in [-0.15, -0.1) is 0 Å². The molecule has 1 atom stereocenters. The predicted octanol–water partition coefficient (Wildman–Crippen LogP) is 5.79. The highest BCUT2D eigenvalue weighted by atomic mass is 35.5. The highest BCUT2D eigenvalue weighted by Gasteiger charge is 2.29. The van der Waals surface area contributed by atoms with Gasteiger partial charge in [-0.05, 0) is 49.6 Å². The number of benzene rings is 2. The second kappa shape index (κ2) is 8.76. The summed E-state index contributed by atoms with van der Waals surface area (Å²) in [5.74, 6) is 0.0486. The largest absolute Gasteiger partial charge is 0.423 e. The molecule has 0 bridgehead atoms. The molecule has 1 unspecified atom stereocenters. The van der Waals surface area contributed by atoms with Gasteiger partial charge in [0.25, 0.3) is 11.9 Å². The van der Waals surface area contributed by atoms with Crippen LogP contribution in [0.3, 0.4) is 0 Å². The number of nitrogens with zero attached hydrogens (tertiary/aromatic N) is 2. The van der Waals surface area contributed by atoms with Gasteiger partial charge in [0.2, 0.25) is 0 Å². The summed E-state index contributed by atoms with van der Waals surface area (Å²) >= 11 is 6.01. The number of anilines is 1. The van der Waals surface area contributed by atoms with Crippen molar-refractivity contribution in [2.45, 2.75) is 26.3 Å². The van der Waals surface area contributed by atoms with Gasteiger partial charge < -0.3 is 14.6 Å². The number of likely N-dealkylation sites (tertiary alicyclic amines) is 1. The molecule has 1 aromatic heterocycles. The van der Waals surface area contributed by atoms with Crippen LogP contribution in [0.1, 0.15) is 36.2 Å². The lowest BCUT2D eigenvalue weighted by Crippen LogP contribution is -2.32. The van der Waals surface area contributed by atoms with E-state index < -0.39 is 0 Å². The summed E-state index contributed by atoms with van der Waals surface area (Å²) in [5, 5.41) is 3.93. The zero-order valence-electron chi connectivity index (χ0n) is 17.1. The lowest BCUT2D eigenvalue weighted by atomic mass is 9.99. The van der Waals surface area contributed by atoms with Gasteiger partial charge in [-0.25, -0.2) is 0 Å². The van der Waals surface area contributed by atoms with E-state index in [1.165, 1.54) is 0 Å². The number of hydrogen-bond donors (Lipinski definition) is 1. The molecule has 1 saturated heterocycles. The van der Waals surface area contributed by atoms with Crippen LogP contribution < -0.4 is 5.32 Å². The molecular weight excluding hydrogens is 398 g/mol. The standard InChI is InChI=1S/C24H24ClN3O2/c1-3-4-7-16(2)19-8-5-6-9-20(19)23(29)28-13-12-18(15-28)26-24-27-21-11-10-17(25)14-22(21)30-24/h3-11,14,18H,12-13,15H2,1-2H3,(H,26,27)/b4-3-,16-7+. The van der Waals surface area contributed by atoms with Crippen LogP contribution in [0.2, 0.25) is 5.02 Å². The first kappa shape index (κ1) is 20.2. The van der Waals surface area contributed by atoms with Crippen LogP contribution in [0, 0.1) is 0 Å². The molecule has 0 aliphatic carbocycles. The smallest absolute Gasteiger partial charge is 0.295 e. The van der Waals surface area contributed by atoms with E-state index in [2.05, 4.69) is 10.3 Å². The molecule has 0 radical (unpaired) electrons. The average Bonchev–Trinajstić information content (AvgIpc) is 3.37. The number of allylic oxidation sites excluding steroid dienone is 4. The Morgan fingerprint density at radius 3 is 2.87 bits per heavy atom. The molecule has 30 heavy (non-hydrogen) atoms. The molecule has 0 saturated carbocycles. The molecule has 6 heteroatoms. The molecule has 4 rings (SSSR count). The molecule has 2 heterocycles. The first-order chi connectivity index (χ1) is 14.5. The van der Waals surface area contributed by atoms with Crippen molar-refractivity contribution in [1.82, 2.24) is 9.88 Å². The summed E-state index contributed by atoms with van der Waals surface area (Å²) in [7, 11) is 0. The van der Waals surface area contributed by atoms with E-state index in [4.69, 9.17) is 16.0 Å². The third-order valence-corrected chi connectivity index (χ3v) is 5.51. The Bertz CT molecular complexity index is 1130. The maximum absolute atomic E-state index is 13.2. The van der Waals surface area contributed by atoms with E-state index >= 15 is 0 Å². The van der Waals surface area contributed by atoms with Crippen molar-refractivity contribution in [3.63, 3.8) is 0 Å². The highest BCUT2D eigenvalue weighted by molar-refractivity contribution is 6.31. The molecule has 154 valence electrons. The van der Waals surface area contributed by atoms with Crippen molar-refractivity contribution in [2.24, 2.45) is 0 Å². The Labute approximate surface area is 181 Å². The van der Waals surface area contributed by atoms with E-state index in [1.807, 2.05) is 67.3 Å². The van der Waals surface area contributed by atoms with Crippen LogP contribution in [0.25, 0.3) is 16.7 Å². The fourth-order valence-electron chi connectivity index (χ4n) is 3.71. The summed E-state index contributed by atoms with van der Waals surface area (Å²) in [6, 6.07) is 13.7. The van der Waals surface area contributed by atoms with Crippen molar-refractivity contribution >= 4 is 40.2 Å². The third kappa shape index (κ3) is 4.26. The van der Waals surface area contributed by atoms with Crippen molar-refractivity contribution in [3.05, 3.63) is 76.8 Å². The monoisotopic (exact) mass is 421 g/mol. The van der Waals surface area contributed by atoms with Crippen LogP contribution >= 0.6 is 11.6 Å². The average molecular weight is 422 g/mol. The fourth-order valence-corrected chi connectivity index (χ4v) is 3.87. The molecule has 1 amide bonds. The highest BCUT2D eigenvalue weighted by Crippen LogP contribution is 2.26. The normalized spacial score (nSPS) is 17.2. The number of halogens is 1. The minimum atomic E-state index is 0.0486. The van der Waals surface area contributed by atoms with Gasteiger partial charge >= 0.3 is 0 Å². The number of amides is 1. The number of oxazole rings is 1. The van der Waals surface area contributed by atoms with Gasteiger partial charge in [-0.2, -0.15) is 4.98 Å². The zero-order chi connectivity index (χ0) is 21.1. The Morgan fingerprint density at radius 2 is 2.07 bits per heavy atom. The number of hydrogen-bond acceptors (Lipinski definition) is 4.